The number of aromatic nitrogens is 3. The number of hydrogen-bond donors (Lipinski definition) is 1. The Morgan fingerprint density at radius 1 is 1.42 bits per heavy atom. The first-order valence-electron chi connectivity index (χ1n) is 6.49. The number of aryl methyl sites for hydroxylation is 1. The summed E-state index contributed by atoms with van der Waals surface area (Å²) in [5.74, 6) is 0.901. The molecule has 0 spiro atoms. The lowest BCUT2D eigenvalue weighted by Gasteiger charge is -2.28. The molecule has 2 unspecified atom stereocenters. The van der Waals surface area contributed by atoms with Crippen molar-refractivity contribution in [2.45, 2.75) is 63.0 Å². The molecule has 1 N–H and O–H groups in total. The molecule has 1 rings (SSSR count). The third-order valence-electron chi connectivity index (χ3n) is 2.91. The smallest absolute Gasteiger partial charge is 0.191 e. The molecule has 19 heavy (non-hydrogen) atoms. The molecule has 5 nitrogen and oxygen atoms in total. The molecule has 0 aromatic carbocycles. The first kappa shape index (κ1) is 16.0. The first-order valence-corrected chi connectivity index (χ1v) is 7.37. The van der Waals surface area contributed by atoms with Gasteiger partial charge in [-0.05, 0) is 34.1 Å². The third kappa shape index (κ3) is 4.51. The van der Waals surface area contributed by atoms with Crippen molar-refractivity contribution >= 4 is 11.8 Å². The maximum Gasteiger partial charge on any atom is 0.191 e. The van der Waals surface area contributed by atoms with E-state index in [1.165, 1.54) is 0 Å². The lowest BCUT2D eigenvalue weighted by atomic mass is 9.97. The first-order chi connectivity index (χ1) is 8.77. The maximum atomic E-state index is 9.35. The van der Waals surface area contributed by atoms with Crippen molar-refractivity contribution in [3.05, 3.63) is 5.82 Å². The van der Waals surface area contributed by atoms with Crippen molar-refractivity contribution in [1.82, 2.24) is 20.1 Å². The quantitative estimate of drug-likeness (QED) is 0.810. The zero-order valence-electron chi connectivity index (χ0n) is 12.6. The average Bonchev–Trinajstić information content (AvgIpc) is 2.59. The normalized spacial score (nSPS) is 16.1. The lowest BCUT2D eigenvalue weighted by molar-refractivity contribution is 0.382. The van der Waals surface area contributed by atoms with Crippen LogP contribution in [0.4, 0.5) is 0 Å². The van der Waals surface area contributed by atoms with Gasteiger partial charge in [-0.25, -0.2) is 0 Å². The second-order valence-corrected chi connectivity index (χ2v) is 6.87. The highest BCUT2D eigenvalue weighted by molar-refractivity contribution is 7.99. The van der Waals surface area contributed by atoms with E-state index in [2.05, 4.69) is 42.4 Å². The van der Waals surface area contributed by atoms with E-state index in [0.717, 1.165) is 17.4 Å². The van der Waals surface area contributed by atoms with E-state index in [-0.39, 0.29) is 0 Å². The molecule has 0 aliphatic carbocycles. The zero-order valence-corrected chi connectivity index (χ0v) is 13.4. The highest BCUT2D eigenvalue weighted by atomic mass is 32.2. The number of nitriles is 1. The summed E-state index contributed by atoms with van der Waals surface area (Å²) in [4.78, 5) is 0. The largest absolute Gasteiger partial charge is 0.309 e. The van der Waals surface area contributed by atoms with Gasteiger partial charge in [0, 0.05) is 18.3 Å². The van der Waals surface area contributed by atoms with Crippen LogP contribution in [0.15, 0.2) is 5.16 Å². The third-order valence-corrected chi connectivity index (χ3v) is 4.04. The van der Waals surface area contributed by atoms with Gasteiger partial charge in [-0.2, -0.15) is 5.26 Å². The van der Waals surface area contributed by atoms with Gasteiger partial charge in [-0.1, -0.05) is 18.7 Å². The van der Waals surface area contributed by atoms with Crippen LogP contribution in [0.5, 0.6) is 0 Å². The molecule has 0 fully saturated rings. The predicted octanol–water partition coefficient (Wildman–Crippen LogP) is 2.27. The minimum Gasteiger partial charge on any atom is -0.309 e. The molecule has 0 aliphatic heterocycles. The van der Waals surface area contributed by atoms with E-state index in [1.807, 2.05) is 25.5 Å². The SMILES string of the molecule is Cc1nnc(SC(C)CC(C)(C#N)NC(C)C)n1C. The van der Waals surface area contributed by atoms with Gasteiger partial charge in [-0.15, -0.1) is 10.2 Å². The zero-order chi connectivity index (χ0) is 14.6. The number of thioether (sulfide) groups is 1. The van der Waals surface area contributed by atoms with Crippen LogP contribution < -0.4 is 5.32 Å². The van der Waals surface area contributed by atoms with Gasteiger partial charge in [0.1, 0.15) is 11.4 Å². The van der Waals surface area contributed by atoms with Crippen LogP contribution in [0.2, 0.25) is 0 Å². The van der Waals surface area contributed by atoms with E-state index in [1.54, 1.807) is 11.8 Å². The summed E-state index contributed by atoms with van der Waals surface area (Å²) in [6.07, 6.45) is 0.762. The molecule has 6 heteroatoms. The van der Waals surface area contributed by atoms with Crippen molar-refractivity contribution < 1.29 is 0 Å². The number of hydrogen-bond acceptors (Lipinski definition) is 5. The van der Waals surface area contributed by atoms with E-state index < -0.39 is 5.54 Å². The Kier molecular flexibility index (Phi) is 5.39. The van der Waals surface area contributed by atoms with Crippen LogP contribution in [-0.4, -0.2) is 31.6 Å². The van der Waals surface area contributed by atoms with Gasteiger partial charge in [0.15, 0.2) is 5.16 Å². The molecule has 0 aliphatic rings. The molecular weight excluding hydrogens is 258 g/mol. The molecule has 0 saturated heterocycles. The summed E-state index contributed by atoms with van der Waals surface area (Å²) in [5, 5.41) is 22.1. The summed E-state index contributed by atoms with van der Waals surface area (Å²) in [7, 11) is 1.96. The fourth-order valence-electron chi connectivity index (χ4n) is 2.06. The van der Waals surface area contributed by atoms with Crippen molar-refractivity contribution in [3.63, 3.8) is 0 Å². The summed E-state index contributed by atoms with van der Waals surface area (Å²) >= 11 is 1.66. The predicted molar refractivity (Wildman–Crippen MR) is 78.0 cm³/mol. The molecule has 1 aromatic rings. The molecule has 0 amide bonds. The van der Waals surface area contributed by atoms with Gasteiger partial charge >= 0.3 is 0 Å². The Labute approximate surface area is 119 Å². The fourth-order valence-corrected chi connectivity index (χ4v) is 3.22. The Morgan fingerprint density at radius 3 is 2.47 bits per heavy atom. The summed E-state index contributed by atoms with van der Waals surface area (Å²) in [5.41, 5.74) is -0.506. The summed E-state index contributed by atoms with van der Waals surface area (Å²) in [6, 6.07) is 2.67. The Balaban J connectivity index is 2.66. The van der Waals surface area contributed by atoms with Crippen LogP contribution >= 0.6 is 11.8 Å². The van der Waals surface area contributed by atoms with Gasteiger partial charge in [0.25, 0.3) is 0 Å². The van der Waals surface area contributed by atoms with E-state index >= 15 is 0 Å². The molecule has 0 bridgehead atoms. The van der Waals surface area contributed by atoms with Gasteiger partial charge in [-0.3, -0.25) is 5.32 Å². The summed E-state index contributed by atoms with van der Waals surface area (Å²) in [6.45, 7) is 10.1. The molecular formula is C13H23N5S. The minimum absolute atomic E-state index is 0.290. The fraction of sp³-hybridized carbons (Fsp3) is 0.769. The average molecular weight is 281 g/mol. The molecule has 2 atom stereocenters. The molecule has 106 valence electrons. The second-order valence-electron chi connectivity index (χ2n) is 5.46. The maximum absolute atomic E-state index is 9.35. The Hall–Kier alpha value is -1.06. The van der Waals surface area contributed by atoms with Crippen LogP contribution in [0, 0.1) is 18.3 Å². The van der Waals surface area contributed by atoms with Gasteiger partial charge in [0.05, 0.1) is 6.07 Å². The van der Waals surface area contributed by atoms with E-state index in [4.69, 9.17) is 0 Å². The number of nitrogens with one attached hydrogen (secondary N) is 1. The number of rotatable bonds is 6. The minimum atomic E-state index is -0.506. The van der Waals surface area contributed by atoms with Gasteiger partial charge < -0.3 is 4.57 Å². The standard InChI is InChI=1S/C13H23N5S/c1-9(2)15-13(5,8-14)7-10(3)19-12-17-16-11(4)18(12)6/h9-10,15H,7H2,1-6H3. The van der Waals surface area contributed by atoms with Crippen molar-refractivity contribution in [2.24, 2.45) is 7.05 Å². The molecule has 0 radical (unpaired) electrons. The van der Waals surface area contributed by atoms with Gasteiger partial charge in [0.2, 0.25) is 0 Å². The monoisotopic (exact) mass is 281 g/mol. The topological polar surface area (TPSA) is 66.5 Å². The molecule has 1 aromatic heterocycles. The van der Waals surface area contributed by atoms with Crippen molar-refractivity contribution in [1.29, 1.82) is 5.26 Å². The molecule has 0 saturated carbocycles. The lowest BCUT2D eigenvalue weighted by Crippen LogP contribution is -2.46. The van der Waals surface area contributed by atoms with E-state index in [9.17, 15) is 5.26 Å². The van der Waals surface area contributed by atoms with Crippen LogP contribution in [-0.2, 0) is 7.05 Å². The Bertz CT molecular complexity index is 462. The number of nitrogens with zero attached hydrogens (tertiary/aromatic N) is 4. The van der Waals surface area contributed by atoms with E-state index in [0.29, 0.717) is 11.3 Å². The van der Waals surface area contributed by atoms with Crippen LogP contribution in [0.3, 0.4) is 0 Å². The van der Waals surface area contributed by atoms with Crippen LogP contribution in [0.1, 0.15) is 39.9 Å². The van der Waals surface area contributed by atoms with Crippen molar-refractivity contribution in [2.75, 3.05) is 0 Å². The highest BCUT2D eigenvalue weighted by Gasteiger charge is 2.28. The van der Waals surface area contributed by atoms with Crippen molar-refractivity contribution in [3.8, 4) is 6.07 Å². The summed E-state index contributed by atoms with van der Waals surface area (Å²) < 4.78 is 1.97. The van der Waals surface area contributed by atoms with Crippen LogP contribution in [0.25, 0.3) is 0 Å². The second kappa shape index (κ2) is 6.40. The Morgan fingerprint density at radius 2 is 2.05 bits per heavy atom. The molecule has 1 heterocycles. The highest BCUT2D eigenvalue weighted by Crippen LogP contribution is 2.27.